The van der Waals surface area contributed by atoms with Crippen LogP contribution >= 0.6 is 0 Å². The van der Waals surface area contributed by atoms with E-state index < -0.39 is 6.04 Å². The van der Waals surface area contributed by atoms with Gasteiger partial charge in [-0.15, -0.1) is 0 Å². The van der Waals surface area contributed by atoms with Gasteiger partial charge in [0.1, 0.15) is 11.9 Å². The fourth-order valence-electron chi connectivity index (χ4n) is 4.17. The quantitative estimate of drug-likeness (QED) is 0.686. The molecule has 4 rings (SSSR count). The summed E-state index contributed by atoms with van der Waals surface area (Å²) in [7, 11) is 2.00. The van der Waals surface area contributed by atoms with Crippen LogP contribution in [0.4, 0.5) is 0 Å². The second-order valence-corrected chi connectivity index (χ2v) is 7.89. The van der Waals surface area contributed by atoms with Crippen LogP contribution < -0.4 is 5.32 Å². The molecule has 6 heteroatoms. The van der Waals surface area contributed by atoms with Gasteiger partial charge in [0.15, 0.2) is 0 Å². The molecule has 1 saturated heterocycles. The fourth-order valence-corrected chi connectivity index (χ4v) is 4.17. The van der Waals surface area contributed by atoms with Crippen molar-refractivity contribution >= 4 is 22.8 Å². The number of hydrogen-bond donors (Lipinski definition) is 1. The maximum atomic E-state index is 13.0. The molecule has 2 heterocycles. The van der Waals surface area contributed by atoms with Crippen LogP contribution in [0.3, 0.4) is 0 Å². The third-order valence-electron chi connectivity index (χ3n) is 5.84. The van der Waals surface area contributed by atoms with Gasteiger partial charge < -0.3 is 14.8 Å². The van der Waals surface area contributed by atoms with E-state index >= 15 is 0 Å². The van der Waals surface area contributed by atoms with Gasteiger partial charge in [0, 0.05) is 33.0 Å². The summed E-state index contributed by atoms with van der Waals surface area (Å²) >= 11 is 0. The van der Waals surface area contributed by atoms with Crippen molar-refractivity contribution in [3.05, 3.63) is 66.0 Å². The molecule has 0 bridgehead atoms. The van der Waals surface area contributed by atoms with Crippen molar-refractivity contribution < 1.29 is 9.59 Å². The van der Waals surface area contributed by atoms with E-state index in [1.54, 1.807) is 4.90 Å². The highest BCUT2D eigenvalue weighted by Crippen LogP contribution is 2.21. The first kappa shape index (κ1) is 20.1. The van der Waals surface area contributed by atoms with Gasteiger partial charge in [-0.3, -0.25) is 9.59 Å². The van der Waals surface area contributed by atoms with Gasteiger partial charge in [-0.2, -0.15) is 0 Å². The van der Waals surface area contributed by atoms with Gasteiger partial charge >= 0.3 is 0 Å². The molecule has 30 heavy (non-hydrogen) atoms. The van der Waals surface area contributed by atoms with Gasteiger partial charge in [0.25, 0.3) is 0 Å². The summed E-state index contributed by atoms with van der Waals surface area (Å²) < 4.78 is 2.07. The zero-order chi connectivity index (χ0) is 20.9. The number of fused-ring (bicyclic) bond motifs is 1. The van der Waals surface area contributed by atoms with E-state index in [-0.39, 0.29) is 11.8 Å². The molecule has 1 aliphatic heterocycles. The third kappa shape index (κ3) is 4.37. The van der Waals surface area contributed by atoms with Gasteiger partial charge in [0.2, 0.25) is 11.8 Å². The number of para-hydroxylation sites is 2. The Bertz CT molecular complexity index is 1030. The monoisotopic (exact) mass is 404 g/mol. The number of nitrogens with zero attached hydrogens (tertiary/aromatic N) is 3. The molecule has 2 aromatic carbocycles. The summed E-state index contributed by atoms with van der Waals surface area (Å²) in [5.74, 6) is 0.932. The number of rotatable bonds is 6. The van der Waals surface area contributed by atoms with Crippen LogP contribution in [0, 0.1) is 0 Å². The molecule has 6 nitrogen and oxygen atoms in total. The van der Waals surface area contributed by atoms with Crippen molar-refractivity contribution in [3.8, 4) is 0 Å². The molecule has 3 aromatic rings. The lowest BCUT2D eigenvalue weighted by atomic mass is 10.1. The highest BCUT2D eigenvalue weighted by atomic mass is 16.2. The van der Waals surface area contributed by atoms with E-state index in [1.165, 1.54) is 0 Å². The molecule has 0 radical (unpaired) electrons. The molecular formula is C24H28N4O2. The van der Waals surface area contributed by atoms with Crippen molar-refractivity contribution in [2.45, 2.75) is 44.7 Å². The van der Waals surface area contributed by atoms with E-state index in [0.29, 0.717) is 32.4 Å². The number of benzene rings is 2. The summed E-state index contributed by atoms with van der Waals surface area (Å²) in [6, 6.07) is 17.5. The molecule has 156 valence electrons. The van der Waals surface area contributed by atoms with E-state index in [2.05, 4.69) is 14.9 Å². The van der Waals surface area contributed by atoms with Crippen molar-refractivity contribution in [1.29, 1.82) is 0 Å². The smallest absolute Gasteiger partial charge is 0.242 e. The van der Waals surface area contributed by atoms with E-state index in [4.69, 9.17) is 0 Å². The number of aromatic nitrogens is 2. The number of carbonyl (C=O) groups excluding carboxylic acids is 2. The van der Waals surface area contributed by atoms with Crippen LogP contribution in [-0.4, -0.2) is 38.9 Å². The van der Waals surface area contributed by atoms with Crippen LogP contribution in [-0.2, 0) is 29.6 Å². The van der Waals surface area contributed by atoms with Crippen LogP contribution in [0.2, 0.25) is 0 Å². The molecule has 1 atom stereocenters. The average Bonchev–Trinajstić information content (AvgIpc) is 2.96. The lowest BCUT2D eigenvalue weighted by molar-refractivity contribution is -0.140. The predicted molar refractivity (Wildman–Crippen MR) is 117 cm³/mol. The van der Waals surface area contributed by atoms with Gasteiger partial charge in [-0.1, -0.05) is 48.9 Å². The lowest BCUT2D eigenvalue weighted by Crippen LogP contribution is -2.48. The SMILES string of the molecule is Cn1c(CCNC(=O)C2CCCCC(=O)N2Cc2ccccc2)nc2ccccc21. The topological polar surface area (TPSA) is 67.2 Å². The fraction of sp³-hybridized carbons (Fsp3) is 0.375. The second-order valence-electron chi connectivity index (χ2n) is 7.89. The molecular weight excluding hydrogens is 376 g/mol. The average molecular weight is 405 g/mol. The van der Waals surface area contributed by atoms with Crippen molar-refractivity contribution in [2.24, 2.45) is 7.05 Å². The molecule has 0 spiro atoms. The van der Waals surface area contributed by atoms with Crippen LogP contribution in [0.15, 0.2) is 54.6 Å². The zero-order valence-corrected chi connectivity index (χ0v) is 17.4. The Morgan fingerprint density at radius 3 is 2.67 bits per heavy atom. The van der Waals surface area contributed by atoms with Crippen LogP contribution in [0.25, 0.3) is 11.0 Å². The highest BCUT2D eigenvalue weighted by molar-refractivity contribution is 5.88. The minimum absolute atomic E-state index is 0.0619. The molecule has 1 aliphatic rings. The van der Waals surface area contributed by atoms with E-state index in [0.717, 1.165) is 35.3 Å². The van der Waals surface area contributed by atoms with Gasteiger partial charge in [-0.05, 0) is 30.5 Å². The summed E-state index contributed by atoms with van der Waals surface area (Å²) in [6.45, 7) is 0.975. The first-order valence-electron chi connectivity index (χ1n) is 10.6. The summed E-state index contributed by atoms with van der Waals surface area (Å²) in [4.78, 5) is 32.1. The van der Waals surface area contributed by atoms with Gasteiger partial charge in [0.05, 0.1) is 11.0 Å². The van der Waals surface area contributed by atoms with Crippen molar-refractivity contribution in [1.82, 2.24) is 19.8 Å². The van der Waals surface area contributed by atoms with Crippen LogP contribution in [0.1, 0.15) is 37.1 Å². The Kier molecular flexibility index (Phi) is 6.12. The Morgan fingerprint density at radius 1 is 1.10 bits per heavy atom. The van der Waals surface area contributed by atoms with Gasteiger partial charge in [-0.25, -0.2) is 4.98 Å². The summed E-state index contributed by atoms with van der Waals surface area (Å²) in [5.41, 5.74) is 3.09. The number of aryl methyl sites for hydroxylation is 1. The molecule has 1 aromatic heterocycles. The lowest BCUT2D eigenvalue weighted by Gasteiger charge is -2.29. The van der Waals surface area contributed by atoms with Crippen molar-refractivity contribution in [2.75, 3.05) is 6.54 Å². The molecule has 1 N–H and O–H groups in total. The maximum absolute atomic E-state index is 13.0. The Balaban J connectivity index is 1.42. The predicted octanol–water partition coefficient (Wildman–Crippen LogP) is 3.20. The standard InChI is InChI=1S/C24H28N4O2/c1-27-20-12-6-5-11-19(20)26-22(27)15-16-25-24(30)21-13-7-8-14-23(29)28(21)17-18-9-3-2-4-10-18/h2-6,9-12,21H,7-8,13-17H2,1H3,(H,25,30). The van der Waals surface area contributed by atoms with E-state index in [9.17, 15) is 9.59 Å². The Hall–Kier alpha value is -3.15. The molecule has 0 saturated carbocycles. The minimum Gasteiger partial charge on any atom is -0.354 e. The first-order chi connectivity index (χ1) is 14.6. The first-order valence-corrected chi connectivity index (χ1v) is 10.6. The Labute approximate surface area is 176 Å². The van der Waals surface area contributed by atoms with Crippen molar-refractivity contribution in [3.63, 3.8) is 0 Å². The normalized spacial score (nSPS) is 17.2. The number of likely N-dealkylation sites (tertiary alicyclic amines) is 1. The van der Waals surface area contributed by atoms with Crippen LogP contribution in [0.5, 0.6) is 0 Å². The number of amides is 2. The molecule has 0 aliphatic carbocycles. The number of carbonyl (C=O) groups is 2. The molecule has 2 amide bonds. The minimum atomic E-state index is -0.416. The molecule has 1 unspecified atom stereocenters. The number of nitrogens with one attached hydrogen (secondary N) is 1. The largest absolute Gasteiger partial charge is 0.354 e. The third-order valence-corrected chi connectivity index (χ3v) is 5.84. The maximum Gasteiger partial charge on any atom is 0.242 e. The summed E-state index contributed by atoms with van der Waals surface area (Å²) in [5, 5.41) is 3.05. The highest BCUT2D eigenvalue weighted by Gasteiger charge is 2.31. The Morgan fingerprint density at radius 2 is 1.87 bits per heavy atom. The number of imidazole rings is 1. The number of hydrogen-bond acceptors (Lipinski definition) is 3. The zero-order valence-electron chi connectivity index (χ0n) is 17.4. The molecule has 1 fully saturated rings. The van der Waals surface area contributed by atoms with E-state index in [1.807, 2.05) is 61.6 Å². The second kappa shape index (κ2) is 9.11. The summed E-state index contributed by atoms with van der Waals surface area (Å²) in [6.07, 6.45) is 3.59.